The monoisotopic (exact) mass is 421 g/mol. The molecule has 0 radical (unpaired) electrons. The van der Waals surface area contributed by atoms with Crippen molar-refractivity contribution < 1.29 is 4.57 Å². The second-order valence-electron chi connectivity index (χ2n) is 9.27. The molecule has 154 valence electrons. The van der Waals surface area contributed by atoms with Crippen LogP contribution in [0.5, 0.6) is 0 Å². The van der Waals surface area contributed by atoms with Crippen molar-refractivity contribution in [1.29, 1.82) is 0 Å². The first-order valence-corrected chi connectivity index (χ1v) is 11.5. The van der Waals surface area contributed by atoms with Gasteiger partial charge in [0.05, 0.1) is 27.3 Å². The molecule has 3 aromatic heterocycles. The lowest BCUT2D eigenvalue weighted by Gasteiger charge is -2.13. The van der Waals surface area contributed by atoms with E-state index in [2.05, 4.69) is 114 Å². The topological polar surface area (TPSA) is 8.29 Å². The summed E-state index contributed by atoms with van der Waals surface area (Å²) >= 11 is 0. The molecule has 0 unspecified atom stereocenters. The summed E-state index contributed by atoms with van der Waals surface area (Å²) in [5.41, 5.74) is 6.60. The van der Waals surface area contributed by atoms with Crippen LogP contribution < -0.4 is 4.57 Å². The third-order valence-corrected chi connectivity index (χ3v) is 7.68. The van der Waals surface area contributed by atoms with Crippen molar-refractivity contribution in [3.63, 3.8) is 0 Å². The Morgan fingerprint density at radius 2 is 1.12 bits per heavy atom. The van der Waals surface area contributed by atoms with Crippen LogP contribution in [0.2, 0.25) is 0 Å². The highest BCUT2D eigenvalue weighted by Crippen LogP contribution is 2.48. The third kappa shape index (κ3) is 1.90. The lowest BCUT2D eigenvalue weighted by Crippen LogP contribution is -2.28. The third-order valence-electron chi connectivity index (χ3n) is 7.68. The molecule has 0 N–H and O–H groups in total. The smallest absolute Gasteiger partial charge is 0.221 e. The lowest BCUT2D eigenvalue weighted by atomic mass is 9.89. The van der Waals surface area contributed by atoms with Crippen LogP contribution in [0.3, 0.4) is 0 Å². The predicted molar refractivity (Wildman–Crippen MR) is 140 cm³/mol. The molecular weight excluding hydrogens is 400 g/mol. The number of hydrogen-bond donors (Lipinski definition) is 0. The van der Waals surface area contributed by atoms with Gasteiger partial charge in [0.1, 0.15) is 7.05 Å². The molecule has 2 nitrogen and oxygen atoms in total. The molecule has 0 bridgehead atoms. The van der Waals surface area contributed by atoms with E-state index >= 15 is 0 Å². The zero-order valence-corrected chi connectivity index (χ0v) is 18.6. The van der Waals surface area contributed by atoms with Gasteiger partial charge in [0, 0.05) is 33.0 Å². The SMILES string of the molecule is Cc1c2c3ccccc3n3c4ccccc4c(c4c5ccccc5c5ccc[n+](C)c5c14)c23. The highest BCUT2D eigenvalue weighted by molar-refractivity contribution is 6.40. The van der Waals surface area contributed by atoms with Crippen molar-refractivity contribution in [1.82, 2.24) is 4.40 Å². The number of benzene rings is 5. The molecular formula is C31H21N2+. The van der Waals surface area contributed by atoms with Gasteiger partial charge in [0.2, 0.25) is 5.52 Å². The molecule has 0 aliphatic carbocycles. The van der Waals surface area contributed by atoms with Crippen LogP contribution in [0.1, 0.15) is 5.56 Å². The van der Waals surface area contributed by atoms with Gasteiger partial charge in [-0.15, -0.1) is 0 Å². The number of para-hydroxylation sites is 2. The van der Waals surface area contributed by atoms with Gasteiger partial charge in [0.15, 0.2) is 6.20 Å². The number of hydrogen-bond acceptors (Lipinski definition) is 0. The summed E-state index contributed by atoms with van der Waals surface area (Å²) < 4.78 is 4.79. The lowest BCUT2D eigenvalue weighted by molar-refractivity contribution is -0.644. The molecule has 8 rings (SSSR count). The summed E-state index contributed by atoms with van der Waals surface area (Å²) in [6.07, 6.45) is 2.18. The van der Waals surface area contributed by atoms with Crippen LogP contribution in [0.15, 0.2) is 91.1 Å². The minimum atomic E-state index is 1.28. The van der Waals surface area contributed by atoms with Gasteiger partial charge in [-0.2, -0.15) is 0 Å². The van der Waals surface area contributed by atoms with Crippen LogP contribution in [0, 0.1) is 6.92 Å². The molecule has 0 spiro atoms. The van der Waals surface area contributed by atoms with Crippen molar-refractivity contribution in [3.8, 4) is 0 Å². The number of rotatable bonds is 0. The first kappa shape index (κ1) is 17.4. The van der Waals surface area contributed by atoms with Crippen molar-refractivity contribution >= 4 is 70.5 Å². The van der Waals surface area contributed by atoms with Crippen molar-refractivity contribution in [2.45, 2.75) is 6.92 Å². The Bertz CT molecular complexity index is 2090. The van der Waals surface area contributed by atoms with E-state index in [1.165, 1.54) is 76.1 Å². The quantitative estimate of drug-likeness (QED) is 0.178. The van der Waals surface area contributed by atoms with E-state index < -0.39 is 0 Å². The average molecular weight is 422 g/mol. The maximum absolute atomic E-state index is 2.49. The zero-order chi connectivity index (χ0) is 21.8. The molecule has 0 saturated carbocycles. The molecule has 33 heavy (non-hydrogen) atoms. The molecule has 0 fully saturated rings. The maximum atomic E-state index is 2.49. The molecule has 5 aromatic carbocycles. The zero-order valence-electron chi connectivity index (χ0n) is 18.6. The van der Waals surface area contributed by atoms with Crippen molar-refractivity contribution in [2.75, 3.05) is 0 Å². The number of fused-ring (bicyclic) bond motifs is 13. The Morgan fingerprint density at radius 3 is 1.85 bits per heavy atom. The van der Waals surface area contributed by atoms with Gasteiger partial charge < -0.3 is 4.40 Å². The molecule has 0 amide bonds. The Morgan fingerprint density at radius 1 is 0.545 bits per heavy atom. The van der Waals surface area contributed by atoms with E-state index in [1.54, 1.807) is 0 Å². The Labute approximate surface area is 190 Å². The average Bonchev–Trinajstić information content (AvgIpc) is 3.37. The summed E-state index contributed by atoms with van der Waals surface area (Å²) in [7, 11) is 2.18. The fourth-order valence-corrected chi connectivity index (χ4v) is 6.45. The van der Waals surface area contributed by atoms with E-state index in [1.807, 2.05) is 0 Å². The van der Waals surface area contributed by atoms with E-state index in [4.69, 9.17) is 0 Å². The number of aromatic nitrogens is 2. The Hall–Kier alpha value is -4.17. The second kappa shape index (κ2) is 5.79. The standard InChI is InChI=1S/C31H21N2/c1-18-26-22-12-5-7-15-24(22)33-25-16-8-6-13-23(25)29(31(26)33)28-20-11-4-3-10-19(20)21-14-9-17-32(2)30(21)27(18)28/h3-17H,1-2H3/q+1. The van der Waals surface area contributed by atoms with Gasteiger partial charge in [-0.05, 0) is 41.5 Å². The normalized spacial score (nSPS) is 12.5. The maximum Gasteiger partial charge on any atom is 0.221 e. The van der Waals surface area contributed by atoms with Gasteiger partial charge in [-0.1, -0.05) is 60.7 Å². The largest absolute Gasteiger partial charge is 0.308 e. The number of nitrogens with zero attached hydrogens (tertiary/aromatic N) is 2. The molecule has 0 aliphatic rings. The molecule has 3 heterocycles. The predicted octanol–water partition coefficient (Wildman–Crippen LogP) is 7.43. The fourth-order valence-electron chi connectivity index (χ4n) is 6.45. The van der Waals surface area contributed by atoms with Crippen molar-refractivity contribution in [2.24, 2.45) is 7.05 Å². The summed E-state index contributed by atoms with van der Waals surface area (Å²) in [6, 6.07) is 31.1. The van der Waals surface area contributed by atoms with Crippen molar-refractivity contribution in [3.05, 3.63) is 96.7 Å². The summed E-state index contributed by atoms with van der Waals surface area (Å²) in [5.74, 6) is 0. The number of pyridine rings is 1. The second-order valence-corrected chi connectivity index (χ2v) is 9.27. The summed E-state index contributed by atoms with van der Waals surface area (Å²) in [6.45, 7) is 2.32. The van der Waals surface area contributed by atoms with Crippen LogP contribution in [-0.2, 0) is 7.05 Å². The van der Waals surface area contributed by atoms with Crippen LogP contribution in [0.25, 0.3) is 70.5 Å². The summed E-state index contributed by atoms with van der Waals surface area (Å²) in [5, 5.41) is 12.1. The van der Waals surface area contributed by atoms with Gasteiger partial charge in [-0.3, -0.25) is 0 Å². The van der Waals surface area contributed by atoms with Crippen LogP contribution >= 0.6 is 0 Å². The van der Waals surface area contributed by atoms with E-state index in [0.29, 0.717) is 0 Å². The van der Waals surface area contributed by atoms with Gasteiger partial charge >= 0.3 is 0 Å². The van der Waals surface area contributed by atoms with Gasteiger partial charge in [0.25, 0.3) is 0 Å². The molecule has 2 heteroatoms. The fraction of sp³-hybridized carbons (Fsp3) is 0.0645. The first-order valence-electron chi connectivity index (χ1n) is 11.5. The first-order chi connectivity index (χ1) is 16.3. The molecule has 0 saturated heterocycles. The molecule has 8 aromatic rings. The number of aryl methyl sites for hydroxylation is 2. The van der Waals surface area contributed by atoms with Crippen LogP contribution in [0.4, 0.5) is 0 Å². The van der Waals surface area contributed by atoms with Crippen LogP contribution in [-0.4, -0.2) is 4.40 Å². The van der Waals surface area contributed by atoms with E-state index in [0.717, 1.165) is 0 Å². The Balaban J connectivity index is 1.91. The Kier molecular flexibility index (Phi) is 3.05. The van der Waals surface area contributed by atoms with E-state index in [9.17, 15) is 0 Å². The summed E-state index contributed by atoms with van der Waals surface area (Å²) in [4.78, 5) is 0. The molecule has 0 atom stereocenters. The highest BCUT2D eigenvalue weighted by Gasteiger charge is 2.26. The minimum Gasteiger partial charge on any atom is -0.308 e. The minimum absolute atomic E-state index is 1.28. The van der Waals surface area contributed by atoms with Gasteiger partial charge in [-0.25, -0.2) is 4.57 Å². The molecule has 0 aliphatic heterocycles. The van der Waals surface area contributed by atoms with E-state index in [-0.39, 0.29) is 0 Å². The highest BCUT2D eigenvalue weighted by atomic mass is 14.9.